The van der Waals surface area contributed by atoms with Crippen LogP contribution in [0.15, 0.2) is 54.6 Å². The second-order valence-electron chi connectivity index (χ2n) is 15.5. The summed E-state index contributed by atoms with van der Waals surface area (Å²) in [4.78, 5) is 30.4. The van der Waals surface area contributed by atoms with E-state index in [2.05, 4.69) is 40.5 Å². The van der Waals surface area contributed by atoms with E-state index in [9.17, 15) is 9.59 Å². The minimum absolute atomic E-state index is 0.0358. The number of amides is 2. The summed E-state index contributed by atoms with van der Waals surface area (Å²) in [5.74, 6) is -0.0358. The van der Waals surface area contributed by atoms with E-state index in [1.165, 1.54) is 22.3 Å². The standard InChI is InChI=1S/C39H50BN3O6/c1-25-27(23-42-18-20-43(21-19-42)36(45)47-37(3,4)5)22-33(40-48-38(6,7)39(8,9)49-40)26(2)34(25)41-35(44)46-24-32-30-16-12-10-14-28(30)29-15-11-13-17-31(29)32/h10-17,22,32H,18-21,23-24H2,1-9H3,(H,41,44). The minimum Gasteiger partial charge on any atom is -0.448 e. The number of nitrogens with one attached hydrogen (secondary N) is 1. The first-order valence-corrected chi connectivity index (χ1v) is 17.4. The lowest BCUT2D eigenvalue weighted by atomic mass is 9.74. The van der Waals surface area contributed by atoms with Gasteiger partial charge >= 0.3 is 19.3 Å². The van der Waals surface area contributed by atoms with Crippen molar-refractivity contribution in [2.24, 2.45) is 0 Å². The molecule has 2 saturated heterocycles. The molecule has 0 radical (unpaired) electrons. The van der Waals surface area contributed by atoms with Gasteiger partial charge in [0.05, 0.1) is 11.2 Å². The van der Waals surface area contributed by atoms with Gasteiger partial charge in [-0.1, -0.05) is 54.6 Å². The van der Waals surface area contributed by atoms with Crippen molar-refractivity contribution in [3.63, 3.8) is 0 Å². The largest absolute Gasteiger partial charge is 0.495 e. The van der Waals surface area contributed by atoms with Crippen molar-refractivity contribution in [1.82, 2.24) is 9.80 Å². The zero-order valence-corrected chi connectivity index (χ0v) is 30.4. The van der Waals surface area contributed by atoms with Crippen molar-refractivity contribution >= 4 is 30.5 Å². The summed E-state index contributed by atoms with van der Waals surface area (Å²) in [6.07, 6.45) is -0.785. The molecule has 6 rings (SSSR count). The van der Waals surface area contributed by atoms with Crippen molar-refractivity contribution in [3.8, 4) is 11.1 Å². The summed E-state index contributed by atoms with van der Waals surface area (Å²) in [7, 11) is -0.601. The lowest BCUT2D eigenvalue weighted by Gasteiger charge is -2.36. The van der Waals surface area contributed by atoms with Gasteiger partial charge in [0.25, 0.3) is 0 Å². The quantitative estimate of drug-likeness (QED) is 0.283. The molecule has 10 heteroatoms. The molecule has 0 aromatic heterocycles. The third-order valence-corrected chi connectivity index (χ3v) is 10.5. The summed E-state index contributed by atoms with van der Waals surface area (Å²) < 4.78 is 24.6. The highest BCUT2D eigenvalue weighted by Crippen LogP contribution is 2.44. The maximum absolute atomic E-state index is 13.6. The van der Waals surface area contributed by atoms with E-state index in [0.29, 0.717) is 38.4 Å². The van der Waals surface area contributed by atoms with E-state index in [1.807, 2.05) is 86.6 Å². The predicted octanol–water partition coefficient (Wildman–Crippen LogP) is 7.02. The molecule has 2 aliphatic heterocycles. The van der Waals surface area contributed by atoms with Gasteiger partial charge in [-0.3, -0.25) is 10.2 Å². The van der Waals surface area contributed by atoms with Crippen LogP contribution in [0.4, 0.5) is 15.3 Å². The van der Waals surface area contributed by atoms with E-state index in [0.717, 1.165) is 22.2 Å². The fourth-order valence-electron chi connectivity index (χ4n) is 6.95. The fourth-order valence-corrected chi connectivity index (χ4v) is 6.95. The number of carbonyl (C=O) groups is 2. The molecule has 0 spiro atoms. The molecule has 2 heterocycles. The van der Waals surface area contributed by atoms with Gasteiger partial charge in [0, 0.05) is 44.3 Å². The van der Waals surface area contributed by atoms with Crippen LogP contribution in [0, 0.1) is 13.8 Å². The number of piperazine rings is 1. The van der Waals surface area contributed by atoms with Crippen LogP contribution < -0.4 is 10.8 Å². The van der Waals surface area contributed by atoms with Crippen LogP contribution in [0.1, 0.15) is 82.2 Å². The van der Waals surface area contributed by atoms with Crippen LogP contribution in [0.2, 0.25) is 0 Å². The van der Waals surface area contributed by atoms with Crippen LogP contribution in [0.25, 0.3) is 11.1 Å². The number of anilines is 1. The molecular formula is C39H50BN3O6. The van der Waals surface area contributed by atoms with Crippen LogP contribution in [-0.4, -0.2) is 78.7 Å². The fraction of sp³-hybridized carbons (Fsp3) is 0.487. The average molecular weight is 668 g/mol. The first kappa shape index (κ1) is 35.0. The second-order valence-corrected chi connectivity index (χ2v) is 15.5. The van der Waals surface area contributed by atoms with E-state index < -0.39 is 30.0 Å². The Morgan fingerprint density at radius 1 is 0.878 bits per heavy atom. The van der Waals surface area contributed by atoms with Crippen LogP contribution in [-0.2, 0) is 25.3 Å². The number of hydrogen-bond acceptors (Lipinski definition) is 7. The summed E-state index contributed by atoms with van der Waals surface area (Å²) in [6, 6.07) is 18.8. The smallest absolute Gasteiger partial charge is 0.448 e. The Morgan fingerprint density at radius 2 is 1.43 bits per heavy atom. The zero-order chi connectivity index (χ0) is 35.3. The summed E-state index contributed by atoms with van der Waals surface area (Å²) in [6.45, 7) is 21.3. The Balaban J connectivity index is 1.22. The van der Waals surface area contributed by atoms with Gasteiger partial charge in [-0.15, -0.1) is 0 Å². The molecule has 1 N–H and O–H groups in total. The first-order valence-electron chi connectivity index (χ1n) is 17.4. The van der Waals surface area contributed by atoms with E-state index in [4.69, 9.17) is 18.8 Å². The molecule has 49 heavy (non-hydrogen) atoms. The monoisotopic (exact) mass is 667 g/mol. The van der Waals surface area contributed by atoms with Gasteiger partial charge in [-0.2, -0.15) is 0 Å². The number of fused-ring (bicyclic) bond motifs is 3. The maximum atomic E-state index is 13.6. The molecule has 2 fully saturated rings. The summed E-state index contributed by atoms with van der Waals surface area (Å²) in [5, 5.41) is 3.12. The molecule has 3 aliphatic rings. The van der Waals surface area contributed by atoms with E-state index in [1.54, 1.807) is 4.90 Å². The number of benzene rings is 3. The molecule has 2 amide bonds. The maximum Gasteiger partial charge on any atom is 0.495 e. The molecule has 0 bridgehead atoms. The lowest BCUT2D eigenvalue weighted by molar-refractivity contribution is 0.00578. The van der Waals surface area contributed by atoms with Crippen molar-refractivity contribution in [2.45, 2.75) is 91.6 Å². The number of hydrogen-bond donors (Lipinski definition) is 1. The van der Waals surface area contributed by atoms with Crippen LogP contribution in [0.5, 0.6) is 0 Å². The molecule has 3 aromatic carbocycles. The molecule has 260 valence electrons. The Morgan fingerprint density at radius 3 is 1.98 bits per heavy atom. The van der Waals surface area contributed by atoms with Crippen LogP contribution in [0.3, 0.4) is 0 Å². The second kappa shape index (κ2) is 13.1. The number of rotatable bonds is 6. The van der Waals surface area contributed by atoms with Gasteiger partial charge < -0.3 is 23.7 Å². The Labute approximate surface area is 291 Å². The molecule has 1 aliphatic carbocycles. The molecule has 3 aromatic rings. The zero-order valence-electron chi connectivity index (χ0n) is 30.4. The van der Waals surface area contributed by atoms with Crippen molar-refractivity contribution < 1.29 is 28.4 Å². The van der Waals surface area contributed by atoms with Crippen LogP contribution >= 0.6 is 0 Å². The van der Waals surface area contributed by atoms with E-state index in [-0.39, 0.29) is 18.6 Å². The van der Waals surface area contributed by atoms with Gasteiger partial charge in [0.15, 0.2) is 0 Å². The normalized spacial score (nSPS) is 18.6. The third-order valence-electron chi connectivity index (χ3n) is 10.5. The van der Waals surface area contributed by atoms with Gasteiger partial charge in [0.1, 0.15) is 12.2 Å². The lowest BCUT2D eigenvalue weighted by Crippen LogP contribution is -2.49. The summed E-state index contributed by atoms with van der Waals surface area (Å²) >= 11 is 0. The number of ether oxygens (including phenoxy) is 2. The molecular weight excluding hydrogens is 617 g/mol. The predicted molar refractivity (Wildman–Crippen MR) is 193 cm³/mol. The highest BCUT2D eigenvalue weighted by molar-refractivity contribution is 6.63. The van der Waals surface area contributed by atoms with E-state index >= 15 is 0 Å². The molecule has 0 saturated carbocycles. The van der Waals surface area contributed by atoms with Crippen molar-refractivity contribution in [3.05, 3.63) is 82.4 Å². The SMILES string of the molecule is Cc1c(CN2CCN(C(=O)OC(C)(C)C)CC2)cc(B2OC(C)(C)C(C)(C)O2)c(C)c1NC(=O)OCC1c2ccccc2-c2ccccc21. The topological polar surface area (TPSA) is 89.6 Å². The molecule has 9 nitrogen and oxygen atoms in total. The number of carbonyl (C=O) groups excluding carboxylic acids is 2. The molecule has 0 atom stereocenters. The van der Waals surface area contributed by atoms with Gasteiger partial charge in [-0.25, -0.2) is 9.59 Å². The number of nitrogens with zero attached hydrogens (tertiary/aromatic N) is 2. The van der Waals surface area contributed by atoms with Gasteiger partial charge in [0.2, 0.25) is 0 Å². The van der Waals surface area contributed by atoms with Crippen molar-refractivity contribution in [1.29, 1.82) is 0 Å². The highest BCUT2D eigenvalue weighted by atomic mass is 16.7. The minimum atomic E-state index is -0.601. The highest BCUT2D eigenvalue weighted by Gasteiger charge is 2.52. The van der Waals surface area contributed by atoms with Gasteiger partial charge in [-0.05, 0) is 107 Å². The Hall–Kier alpha value is -3.86. The Bertz CT molecular complexity index is 1680. The summed E-state index contributed by atoms with van der Waals surface area (Å²) in [5.41, 5.74) is 7.60. The average Bonchev–Trinajstić information content (AvgIpc) is 3.47. The Kier molecular flexibility index (Phi) is 9.37. The third kappa shape index (κ3) is 7.09. The molecule has 0 unspecified atom stereocenters. The first-order chi connectivity index (χ1) is 23.0. The van der Waals surface area contributed by atoms with Crippen molar-refractivity contribution in [2.75, 3.05) is 38.1 Å².